The Bertz CT molecular complexity index is 178. The normalized spacial score (nSPS) is 20.4. The molecule has 0 saturated carbocycles. The summed E-state index contributed by atoms with van der Waals surface area (Å²) in [6.07, 6.45) is 3.93. The van der Waals surface area contributed by atoms with Crippen molar-refractivity contribution in [3.63, 3.8) is 0 Å². The van der Waals surface area contributed by atoms with Crippen LogP contribution in [0.5, 0.6) is 0 Å². The average Bonchev–Trinajstić information content (AvgIpc) is 2.19. The van der Waals surface area contributed by atoms with Crippen LogP contribution in [0.2, 0.25) is 0 Å². The van der Waals surface area contributed by atoms with E-state index >= 15 is 0 Å². The number of amides is 1. The quantitative estimate of drug-likeness (QED) is 0.666. The second-order valence-electron chi connectivity index (χ2n) is 4.03. The number of nitrogens with one attached hydrogen (secondary N) is 1. The first kappa shape index (κ1) is 11.5. The van der Waals surface area contributed by atoms with Crippen LogP contribution < -0.4 is 11.1 Å². The summed E-state index contributed by atoms with van der Waals surface area (Å²) in [5.41, 5.74) is 5.23. The smallest absolute Gasteiger partial charge is 0.233 e. The van der Waals surface area contributed by atoms with Gasteiger partial charge in [0.25, 0.3) is 0 Å². The van der Waals surface area contributed by atoms with Gasteiger partial charge in [0.1, 0.15) is 0 Å². The summed E-state index contributed by atoms with van der Waals surface area (Å²) in [5, 5.41) is 2.87. The first-order valence-electron chi connectivity index (χ1n) is 5.44. The van der Waals surface area contributed by atoms with E-state index < -0.39 is 0 Å². The van der Waals surface area contributed by atoms with Crippen molar-refractivity contribution in [1.82, 2.24) is 10.2 Å². The van der Waals surface area contributed by atoms with Gasteiger partial charge < -0.3 is 16.0 Å². The van der Waals surface area contributed by atoms with Gasteiger partial charge in [0.05, 0.1) is 6.54 Å². The van der Waals surface area contributed by atoms with Gasteiger partial charge in [-0.3, -0.25) is 4.79 Å². The van der Waals surface area contributed by atoms with Crippen LogP contribution in [-0.2, 0) is 4.79 Å². The Hall–Kier alpha value is -0.610. The van der Waals surface area contributed by atoms with Gasteiger partial charge in [-0.05, 0) is 32.9 Å². The molecular formula is C10H21N3O. The highest BCUT2D eigenvalue weighted by atomic mass is 16.1. The Morgan fingerprint density at radius 2 is 2.07 bits per heavy atom. The maximum absolute atomic E-state index is 11.0. The second-order valence-corrected chi connectivity index (χ2v) is 4.03. The Morgan fingerprint density at radius 3 is 2.64 bits per heavy atom. The van der Waals surface area contributed by atoms with Crippen molar-refractivity contribution < 1.29 is 4.79 Å². The summed E-state index contributed by atoms with van der Waals surface area (Å²) in [7, 11) is 0. The molecule has 0 spiro atoms. The van der Waals surface area contributed by atoms with Crippen LogP contribution in [0.3, 0.4) is 0 Å². The molecule has 1 rings (SSSR count). The van der Waals surface area contributed by atoms with Crippen LogP contribution in [-0.4, -0.2) is 43.0 Å². The molecule has 4 heteroatoms. The highest BCUT2D eigenvalue weighted by molar-refractivity contribution is 5.78. The fourth-order valence-electron chi connectivity index (χ4n) is 1.91. The van der Waals surface area contributed by atoms with E-state index in [-0.39, 0.29) is 18.5 Å². The van der Waals surface area contributed by atoms with Gasteiger partial charge >= 0.3 is 0 Å². The first-order valence-corrected chi connectivity index (χ1v) is 5.44. The van der Waals surface area contributed by atoms with Crippen molar-refractivity contribution in [2.75, 3.05) is 26.2 Å². The van der Waals surface area contributed by atoms with Gasteiger partial charge in [-0.15, -0.1) is 0 Å². The number of nitrogens with two attached hydrogens (primary N) is 1. The number of carbonyl (C=O) groups excluding carboxylic acids is 1. The van der Waals surface area contributed by atoms with Gasteiger partial charge in [0, 0.05) is 12.6 Å². The molecular weight excluding hydrogens is 178 g/mol. The van der Waals surface area contributed by atoms with E-state index in [0.29, 0.717) is 0 Å². The maximum atomic E-state index is 11.0. The summed E-state index contributed by atoms with van der Waals surface area (Å²) in [6, 6.07) is 0.212. The topological polar surface area (TPSA) is 58.4 Å². The Morgan fingerprint density at radius 1 is 1.43 bits per heavy atom. The number of piperidine rings is 1. The summed E-state index contributed by atoms with van der Waals surface area (Å²) < 4.78 is 0. The van der Waals surface area contributed by atoms with Crippen molar-refractivity contribution >= 4 is 5.91 Å². The molecule has 4 nitrogen and oxygen atoms in total. The van der Waals surface area contributed by atoms with Crippen LogP contribution in [0.4, 0.5) is 0 Å². The SMILES string of the molecule is CC(CN1CCCCC1)NC(=O)CN. The molecule has 1 saturated heterocycles. The number of nitrogens with zero attached hydrogens (tertiary/aromatic N) is 1. The molecule has 0 aromatic carbocycles. The summed E-state index contributed by atoms with van der Waals surface area (Å²) in [4.78, 5) is 13.4. The fourth-order valence-corrected chi connectivity index (χ4v) is 1.91. The predicted molar refractivity (Wildman–Crippen MR) is 57.0 cm³/mol. The minimum Gasteiger partial charge on any atom is -0.351 e. The van der Waals surface area contributed by atoms with E-state index in [1.54, 1.807) is 0 Å². The second kappa shape index (κ2) is 5.98. The van der Waals surface area contributed by atoms with Crippen molar-refractivity contribution in [2.45, 2.75) is 32.2 Å². The lowest BCUT2D eigenvalue weighted by molar-refractivity contribution is -0.120. The van der Waals surface area contributed by atoms with E-state index in [2.05, 4.69) is 10.2 Å². The lowest BCUT2D eigenvalue weighted by atomic mass is 10.1. The van der Waals surface area contributed by atoms with Crippen LogP contribution >= 0.6 is 0 Å². The number of hydrogen-bond donors (Lipinski definition) is 2. The van der Waals surface area contributed by atoms with E-state index in [4.69, 9.17) is 5.73 Å². The van der Waals surface area contributed by atoms with Crippen molar-refractivity contribution in [1.29, 1.82) is 0 Å². The van der Waals surface area contributed by atoms with Gasteiger partial charge in [-0.1, -0.05) is 6.42 Å². The Kier molecular flexibility index (Phi) is 4.90. The Balaban J connectivity index is 2.18. The molecule has 0 aliphatic carbocycles. The van der Waals surface area contributed by atoms with Gasteiger partial charge in [0.2, 0.25) is 5.91 Å². The number of carbonyl (C=O) groups is 1. The highest BCUT2D eigenvalue weighted by Crippen LogP contribution is 2.08. The lowest BCUT2D eigenvalue weighted by Crippen LogP contribution is -2.45. The van der Waals surface area contributed by atoms with E-state index in [1.165, 1.54) is 32.4 Å². The Labute approximate surface area is 85.8 Å². The van der Waals surface area contributed by atoms with Gasteiger partial charge in [-0.2, -0.15) is 0 Å². The van der Waals surface area contributed by atoms with Gasteiger partial charge in [0.15, 0.2) is 0 Å². The first-order chi connectivity index (χ1) is 6.72. The molecule has 0 bridgehead atoms. The largest absolute Gasteiger partial charge is 0.351 e. The minimum atomic E-state index is -0.0606. The fraction of sp³-hybridized carbons (Fsp3) is 0.900. The third kappa shape index (κ3) is 4.07. The molecule has 1 aliphatic rings. The summed E-state index contributed by atoms with van der Waals surface area (Å²) >= 11 is 0. The molecule has 0 aromatic heterocycles. The summed E-state index contributed by atoms with van der Waals surface area (Å²) in [5.74, 6) is -0.0606. The van der Waals surface area contributed by atoms with Crippen LogP contribution in [0.25, 0.3) is 0 Å². The average molecular weight is 199 g/mol. The number of likely N-dealkylation sites (tertiary alicyclic amines) is 1. The molecule has 1 atom stereocenters. The molecule has 3 N–H and O–H groups in total. The van der Waals surface area contributed by atoms with Gasteiger partial charge in [-0.25, -0.2) is 0 Å². The van der Waals surface area contributed by atoms with Crippen LogP contribution in [0.1, 0.15) is 26.2 Å². The molecule has 0 aromatic rings. The van der Waals surface area contributed by atoms with E-state index in [0.717, 1.165) is 6.54 Å². The van der Waals surface area contributed by atoms with Crippen molar-refractivity contribution in [3.05, 3.63) is 0 Å². The highest BCUT2D eigenvalue weighted by Gasteiger charge is 2.13. The standard InChI is InChI=1S/C10H21N3O/c1-9(12-10(14)7-11)8-13-5-3-2-4-6-13/h9H,2-8,11H2,1H3,(H,12,14). The number of hydrogen-bond acceptors (Lipinski definition) is 3. The van der Waals surface area contributed by atoms with Crippen molar-refractivity contribution in [2.24, 2.45) is 5.73 Å². The lowest BCUT2D eigenvalue weighted by Gasteiger charge is -2.29. The summed E-state index contributed by atoms with van der Waals surface area (Å²) in [6.45, 7) is 5.41. The molecule has 1 aliphatic heterocycles. The molecule has 1 heterocycles. The third-order valence-electron chi connectivity index (χ3n) is 2.57. The van der Waals surface area contributed by atoms with Crippen LogP contribution in [0.15, 0.2) is 0 Å². The molecule has 1 unspecified atom stereocenters. The zero-order valence-electron chi connectivity index (χ0n) is 8.96. The van der Waals surface area contributed by atoms with E-state index in [9.17, 15) is 4.79 Å². The number of rotatable bonds is 4. The predicted octanol–water partition coefficient (Wildman–Crippen LogP) is -0.0643. The van der Waals surface area contributed by atoms with E-state index in [1.807, 2.05) is 6.92 Å². The third-order valence-corrected chi connectivity index (χ3v) is 2.57. The molecule has 1 amide bonds. The monoisotopic (exact) mass is 199 g/mol. The molecule has 82 valence electrons. The zero-order chi connectivity index (χ0) is 10.4. The van der Waals surface area contributed by atoms with Crippen molar-refractivity contribution in [3.8, 4) is 0 Å². The molecule has 1 fully saturated rings. The minimum absolute atomic E-state index is 0.0606. The molecule has 14 heavy (non-hydrogen) atoms. The van der Waals surface area contributed by atoms with Crippen LogP contribution in [0, 0.1) is 0 Å². The zero-order valence-corrected chi connectivity index (χ0v) is 8.96. The maximum Gasteiger partial charge on any atom is 0.233 e. The molecule has 0 radical (unpaired) electrons.